The van der Waals surface area contributed by atoms with Crippen LogP contribution in [0.3, 0.4) is 0 Å². The van der Waals surface area contributed by atoms with Crippen molar-refractivity contribution >= 4 is 12.6 Å². The second kappa shape index (κ2) is 2.35. The molecule has 2 nitrogen and oxygen atoms in total. The van der Waals surface area contributed by atoms with Crippen LogP contribution in [0.2, 0.25) is 0 Å². The molecular formula is C5H4BNO. The quantitative estimate of drug-likeness (QED) is 0.461. The molecule has 0 aliphatic carbocycles. The predicted molar refractivity (Wildman–Crippen MR) is 30.3 cm³/mol. The summed E-state index contributed by atoms with van der Waals surface area (Å²) in [5, 5.41) is 0. The van der Waals surface area contributed by atoms with Crippen molar-refractivity contribution in [3.8, 4) is 0 Å². The Labute approximate surface area is 47.8 Å². The number of hydrogen-bond acceptors (Lipinski definition) is 2. The minimum absolute atomic E-state index is 0.667. The van der Waals surface area contributed by atoms with E-state index in [-0.39, 0.29) is 0 Å². The number of aromatic nitrogens is 1. The van der Waals surface area contributed by atoms with Crippen molar-refractivity contribution in [3.63, 3.8) is 0 Å². The molecule has 0 saturated carbocycles. The van der Waals surface area contributed by atoms with Gasteiger partial charge in [0.2, 0.25) is 0 Å². The first kappa shape index (κ1) is 5.16. The van der Waals surface area contributed by atoms with Crippen LogP contribution in [0.1, 0.15) is 0 Å². The molecule has 0 aliphatic rings. The summed E-state index contributed by atoms with van der Waals surface area (Å²) in [5.74, 6) is 0. The van der Waals surface area contributed by atoms with Crippen LogP contribution in [0.25, 0.3) is 0 Å². The van der Waals surface area contributed by atoms with Crippen molar-refractivity contribution in [2.75, 3.05) is 0 Å². The van der Waals surface area contributed by atoms with Gasteiger partial charge in [0.25, 0.3) is 0 Å². The van der Waals surface area contributed by atoms with E-state index in [2.05, 4.69) is 4.98 Å². The summed E-state index contributed by atoms with van der Waals surface area (Å²) in [5.41, 5.74) is 0.667. The van der Waals surface area contributed by atoms with Gasteiger partial charge < -0.3 is 0 Å². The van der Waals surface area contributed by atoms with E-state index >= 15 is 0 Å². The van der Waals surface area contributed by atoms with E-state index in [9.17, 15) is 4.70 Å². The van der Waals surface area contributed by atoms with Crippen molar-refractivity contribution in [2.45, 2.75) is 0 Å². The molecule has 0 spiro atoms. The van der Waals surface area contributed by atoms with Gasteiger partial charge >= 0.3 is 46.8 Å². The molecule has 1 aromatic heterocycles. The molecule has 1 aromatic rings. The van der Waals surface area contributed by atoms with Crippen molar-refractivity contribution in [2.24, 2.45) is 0 Å². The molecule has 0 aromatic carbocycles. The zero-order chi connectivity index (χ0) is 5.82. The molecule has 0 radical (unpaired) electrons. The van der Waals surface area contributed by atoms with Crippen LogP contribution in [0.15, 0.2) is 24.5 Å². The first-order valence-corrected chi connectivity index (χ1v) is 2.28. The van der Waals surface area contributed by atoms with E-state index in [1.807, 2.05) is 0 Å². The van der Waals surface area contributed by atoms with Crippen molar-refractivity contribution < 1.29 is 4.70 Å². The summed E-state index contributed by atoms with van der Waals surface area (Å²) < 4.78 is 9.98. The van der Waals surface area contributed by atoms with E-state index in [4.69, 9.17) is 0 Å². The van der Waals surface area contributed by atoms with Gasteiger partial charge in [-0.1, -0.05) is 0 Å². The van der Waals surface area contributed by atoms with Gasteiger partial charge in [0.05, 0.1) is 0 Å². The van der Waals surface area contributed by atoms with E-state index in [1.165, 1.54) is 0 Å². The summed E-state index contributed by atoms with van der Waals surface area (Å²) in [6, 6.07) is 3.32. The van der Waals surface area contributed by atoms with Crippen LogP contribution in [0, 0.1) is 0 Å². The molecule has 1 heterocycles. The molecule has 0 saturated heterocycles. The topological polar surface area (TPSA) is 30.0 Å². The second-order valence-electron chi connectivity index (χ2n) is 1.40. The third-order valence-electron chi connectivity index (χ3n) is 0.842. The van der Waals surface area contributed by atoms with Crippen LogP contribution in [0.5, 0.6) is 0 Å². The molecule has 0 amide bonds. The first-order valence-electron chi connectivity index (χ1n) is 2.28. The summed E-state index contributed by atoms with van der Waals surface area (Å²) in [6.07, 6.45) is 3.17. The van der Waals surface area contributed by atoms with E-state index in [0.717, 1.165) is 7.15 Å². The Hall–Kier alpha value is -0.985. The molecule has 3 heteroatoms. The Morgan fingerprint density at radius 1 is 1.38 bits per heavy atom. The van der Waals surface area contributed by atoms with Gasteiger partial charge in [-0.25, -0.2) is 0 Å². The van der Waals surface area contributed by atoms with Crippen LogP contribution in [-0.4, -0.2) is 12.1 Å². The standard InChI is InChI=1S/C5H4BNO/c8-6-5-1-3-7-4-2-5/h1-4H. The average molecular weight is 105 g/mol. The monoisotopic (exact) mass is 105 g/mol. The normalized spacial score (nSPS) is 8.00. The van der Waals surface area contributed by atoms with Crippen LogP contribution in [-0.2, 0) is 4.70 Å². The molecule has 38 valence electrons. The van der Waals surface area contributed by atoms with Crippen molar-refractivity contribution in [3.05, 3.63) is 24.5 Å². The second-order valence-corrected chi connectivity index (χ2v) is 1.40. The van der Waals surface area contributed by atoms with Crippen LogP contribution in [0.4, 0.5) is 0 Å². The number of nitrogens with zero attached hydrogens (tertiary/aromatic N) is 1. The maximum atomic E-state index is 9.98. The zero-order valence-corrected chi connectivity index (χ0v) is 4.24. The fourth-order valence-corrected chi connectivity index (χ4v) is 0.442. The van der Waals surface area contributed by atoms with Crippen LogP contribution < -0.4 is 5.46 Å². The fourth-order valence-electron chi connectivity index (χ4n) is 0.442. The van der Waals surface area contributed by atoms with E-state index in [0.29, 0.717) is 5.46 Å². The Bertz CT molecular complexity index is 175. The summed E-state index contributed by atoms with van der Waals surface area (Å²) >= 11 is 0. The molecule has 0 unspecified atom stereocenters. The summed E-state index contributed by atoms with van der Waals surface area (Å²) in [6.45, 7) is 0. The molecule has 0 aliphatic heterocycles. The van der Waals surface area contributed by atoms with Crippen molar-refractivity contribution in [1.29, 1.82) is 0 Å². The maximum absolute atomic E-state index is 9.98. The Balaban J connectivity index is 2.99. The van der Waals surface area contributed by atoms with Gasteiger partial charge in [0.15, 0.2) is 0 Å². The molecule has 8 heavy (non-hydrogen) atoms. The van der Waals surface area contributed by atoms with Gasteiger partial charge in [-0.2, -0.15) is 0 Å². The van der Waals surface area contributed by atoms with Gasteiger partial charge in [-0.15, -0.1) is 0 Å². The number of hydrogen-bond donors (Lipinski definition) is 0. The van der Waals surface area contributed by atoms with Gasteiger partial charge in [0.1, 0.15) is 0 Å². The van der Waals surface area contributed by atoms with Crippen LogP contribution >= 0.6 is 0 Å². The third kappa shape index (κ3) is 0.995. The Morgan fingerprint density at radius 3 is 2.38 bits per heavy atom. The summed E-state index contributed by atoms with van der Waals surface area (Å²) in [4.78, 5) is 3.73. The Morgan fingerprint density at radius 2 is 2.00 bits per heavy atom. The third-order valence-corrected chi connectivity index (χ3v) is 0.842. The zero-order valence-electron chi connectivity index (χ0n) is 4.24. The SMILES string of the molecule is O=Bc1ccncc1. The van der Waals surface area contributed by atoms with Gasteiger partial charge in [0, 0.05) is 0 Å². The number of pyridine rings is 1. The first-order chi connectivity index (χ1) is 3.93. The summed E-state index contributed by atoms with van der Waals surface area (Å²) in [7, 11) is 0.793. The van der Waals surface area contributed by atoms with Gasteiger partial charge in [-0.05, 0) is 0 Å². The fraction of sp³-hybridized carbons (Fsp3) is 0. The number of rotatable bonds is 1. The predicted octanol–water partition coefficient (Wildman–Crippen LogP) is -0.243. The molecule has 0 N–H and O–H groups in total. The minimum atomic E-state index is 0.667. The van der Waals surface area contributed by atoms with E-state index < -0.39 is 0 Å². The molecular weight excluding hydrogens is 101 g/mol. The molecule has 0 fully saturated rings. The molecule has 0 bridgehead atoms. The molecule has 1 rings (SSSR count). The average Bonchev–Trinajstić information content (AvgIpc) is 1.90. The Kier molecular flexibility index (Phi) is 1.52. The van der Waals surface area contributed by atoms with E-state index in [1.54, 1.807) is 24.5 Å². The van der Waals surface area contributed by atoms with Crippen molar-refractivity contribution in [1.82, 2.24) is 4.98 Å². The van der Waals surface area contributed by atoms with Gasteiger partial charge in [-0.3, -0.25) is 0 Å². The molecule has 0 atom stereocenters.